The Hall–Kier alpha value is -0.320. The van der Waals surface area contributed by atoms with Crippen molar-refractivity contribution in [2.24, 2.45) is 34.5 Å². The van der Waals surface area contributed by atoms with Gasteiger partial charge in [-0.15, -0.1) is 0 Å². The summed E-state index contributed by atoms with van der Waals surface area (Å²) in [6.07, 6.45) is 1.06. The van der Waals surface area contributed by atoms with E-state index in [0.717, 1.165) is 25.9 Å². The highest BCUT2D eigenvalue weighted by Gasteiger charge is 2.91. The SMILES string of the molecule is CCN1C[C@]2(COC)CC[C@H](O)[C@@]34[C@@H]5C[C@H]6[C@H](OC)[C@@H]5[C@](O)(C[C@@H]6OC)[C@@](O)([C@H](OC)[C@H]23)[C@@H]14. The topological polar surface area (TPSA) is 101 Å². The summed E-state index contributed by atoms with van der Waals surface area (Å²) in [7, 11) is 6.79. The second kappa shape index (κ2) is 7.13. The Morgan fingerprint density at radius 2 is 1.82 bits per heavy atom. The van der Waals surface area contributed by atoms with Crippen LogP contribution in [0.3, 0.4) is 0 Å². The monoisotopic (exact) mass is 467 g/mol. The van der Waals surface area contributed by atoms with Crippen LogP contribution in [0.2, 0.25) is 0 Å². The molecule has 1 heterocycles. The predicted octanol–water partition coefficient (Wildman–Crippen LogP) is 0.271. The first-order valence-corrected chi connectivity index (χ1v) is 12.7. The molecule has 8 heteroatoms. The van der Waals surface area contributed by atoms with Crippen molar-refractivity contribution in [3.63, 3.8) is 0 Å². The average molecular weight is 468 g/mol. The predicted molar refractivity (Wildman–Crippen MR) is 119 cm³/mol. The fraction of sp³-hybridized carbons (Fsp3) is 1.00. The zero-order chi connectivity index (χ0) is 23.6. The minimum absolute atomic E-state index is 0.00825. The lowest BCUT2D eigenvalue weighted by atomic mass is 9.42. The van der Waals surface area contributed by atoms with Gasteiger partial charge in [-0.25, -0.2) is 0 Å². The van der Waals surface area contributed by atoms with Crippen molar-refractivity contribution >= 4 is 0 Å². The summed E-state index contributed by atoms with van der Waals surface area (Å²) in [6.45, 7) is 4.18. The maximum absolute atomic E-state index is 12.9. The van der Waals surface area contributed by atoms with Crippen molar-refractivity contribution in [1.82, 2.24) is 4.90 Å². The first-order chi connectivity index (χ1) is 15.8. The summed E-state index contributed by atoms with van der Waals surface area (Å²) >= 11 is 0. The Morgan fingerprint density at radius 1 is 1.06 bits per heavy atom. The summed E-state index contributed by atoms with van der Waals surface area (Å²) in [5.41, 5.74) is -3.82. The van der Waals surface area contributed by atoms with Crippen LogP contribution < -0.4 is 0 Å². The largest absolute Gasteiger partial charge is 0.392 e. The van der Waals surface area contributed by atoms with E-state index in [1.807, 2.05) is 0 Å². The number of rotatable bonds is 6. The highest BCUT2D eigenvalue weighted by molar-refractivity contribution is 5.41. The number of aliphatic hydroxyl groups excluding tert-OH is 1. The van der Waals surface area contributed by atoms with Gasteiger partial charge < -0.3 is 34.3 Å². The van der Waals surface area contributed by atoms with Gasteiger partial charge in [-0.1, -0.05) is 6.92 Å². The third-order valence-corrected chi connectivity index (χ3v) is 11.5. The molecule has 0 unspecified atom stereocenters. The van der Waals surface area contributed by atoms with Crippen LogP contribution in [-0.2, 0) is 18.9 Å². The van der Waals surface area contributed by atoms with E-state index in [2.05, 4.69) is 11.8 Å². The van der Waals surface area contributed by atoms with Gasteiger partial charge in [0.1, 0.15) is 11.2 Å². The first-order valence-electron chi connectivity index (χ1n) is 12.7. The van der Waals surface area contributed by atoms with E-state index in [4.69, 9.17) is 18.9 Å². The number of likely N-dealkylation sites (tertiary alicyclic amines) is 1. The Kier molecular flexibility index (Phi) is 4.99. The minimum Gasteiger partial charge on any atom is -0.392 e. The molecule has 0 aromatic heterocycles. The molecule has 3 N–H and O–H groups in total. The lowest BCUT2D eigenvalue weighted by Gasteiger charge is -2.69. The van der Waals surface area contributed by atoms with E-state index < -0.39 is 28.8 Å². The molecule has 6 aliphatic rings. The molecule has 1 spiro atoms. The fourth-order valence-corrected chi connectivity index (χ4v) is 11.0. The van der Waals surface area contributed by atoms with Crippen LogP contribution in [0.1, 0.15) is 32.6 Å². The second-order valence-electron chi connectivity index (χ2n) is 11.9. The zero-order valence-corrected chi connectivity index (χ0v) is 20.6. The van der Waals surface area contributed by atoms with Gasteiger partial charge in [-0.2, -0.15) is 0 Å². The number of aliphatic hydroxyl groups is 3. The number of ether oxygens (including phenoxy) is 4. The van der Waals surface area contributed by atoms with Crippen LogP contribution in [0.25, 0.3) is 0 Å². The molecule has 6 rings (SSSR count). The molecule has 7 bridgehead atoms. The molecule has 13 atom stereocenters. The van der Waals surface area contributed by atoms with Crippen LogP contribution in [-0.4, -0.2) is 110 Å². The Bertz CT molecular complexity index is 814. The molecule has 5 aliphatic carbocycles. The molecular weight excluding hydrogens is 426 g/mol. The van der Waals surface area contributed by atoms with Gasteiger partial charge in [0.25, 0.3) is 0 Å². The normalized spacial score (nSPS) is 60.9. The van der Waals surface area contributed by atoms with Crippen LogP contribution >= 0.6 is 0 Å². The van der Waals surface area contributed by atoms with Gasteiger partial charge in [-0.3, -0.25) is 4.90 Å². The third kappa shape index (κ3) is 2.20. The van der Waals surface area contributed by atoms with Crippen LogP contribution in [0.4, 0.5) is 0 Å². The number of hydrogen-bond donors (Lipinski definition) is 3. The summed E-state index contributed by atoms with van der Waals surface area (Å²) in [4.78, 5) is 2.33. The van der Waals surface area contributed by atoms with Gasteiger partial charge in [0.2, 0.25) is 0 Å². The van der Waals surface area contributed by atoms with Crippen molar-refractivity contribution in [2.45, 2.75) is 74.3 Å². The van der Waals surface area contributed by atoms with Crippen molar-refractivity contribution < 1.29 is 34.3 Å². The molecule has 33 heavy (non-hydrogen) atoms. The van der Waals surface area contributed by atoms with Crippen molar-refractivity contribution in [3.8, 4) is 0 Å². The van der Waals surface area contributed by atoms with Crippen molar-refractivity contribution in [3.05, 3.63) is 0 Å². The smallest absolute Gasteiger partial charge is 0.136 e. The summed E-state index contributed by atoms with van der Waals surface area (Å²) in [6, 6.07) is -0.386. The molecule has 188 valence electrons. The Balaban J connectivity index is 1.67. The van der Waals surface area contributed by atoms with E-state index in [1.165, 1.54) is 0 Å². The van der Waals surface area contributed by atoms with Crippen LogP contribution in [0, 0.1) is 34.5 Å². The van der Waals surface area contributed by atoms with E-state index in [-0.39, 0.29) is 47.3 Å². The number of nitrogens with zero attached hydrogens (tertiary/aromatic N) is 1. The van der Waals surface area contributed by atoms with E-state index in [9.17, 15) is 15.3 Å². The lowest BCUT2D eigenvalue weighted by Crippen LogP contribution is -2.82. The minimum atomic E-state index is -1.55. The standard InChI is InChI=1S/C25H41NO7/c1-6-26-11-22(12-30-2)8-7-16(27)24-14-9-13-15(31-3)10-23(28,17(14)18(13)32-4)25(29,21(24)26)20(33-5)19(22)24/h13-21,27-29H,6-12H2,1-5H3/t13-,14-,15+,16+,17-,18+,19-,20-,21+,22+,23-,24+,25-/m1/s1. The second-order valence-corrected chi connectivity index (χ2v) is 11.9. The number of methoxy groups -OCH3 is 4. The van der Waals surface area contributed by atoms with Gasteiger partial charge in [0.05, 0.1) is 37.1 Å². The first kappa shape index (κ1) is 23.1. The number of likely N-dealkylation sites (N-methyl/N-ethyl adjacent to an activating group) is 1. The average Bonchev–Trinajstić information content (AvgIpc) is 3.22. The highest BCUT2D eigenvalue weighted by atomic mass is 16.5. The lowest BCUT2D eigenvalue weighted by molar-refractivity contribution is -0.318. The maximum atomic E-state index is 12.9. The molecule has 5 saturated carbocycles. The molecule has 1 aliphatic heterocycles. The number of piperidine rings is 1. The molecule has 0 radical (unpaired) electrons. The van der Waals surface area contributed by atoms with Gasteiger partial charge in [0, 0.05) is 70.0 Å². The highest BCUT2D eigenvalue weighted by Crippen LogP contribution is 2.80. The molecule has 1 saturated heterocycles. The van der Waals surface area contributed by atoms with Gasteiger partial charge >= 0.3 is 0 Å². The van der Waals surface area contributed by atoms with E-state index >= 15 is 0 Å². The number of hydrogen-bond acceptors (Lipinski definition) is 8. The molecule has 8 nitrogen and oxygen atoms in total. The summed E-state index contributed by atoms with van der Waals surface area (Å²) in [5, 5.41) is 37.6. The van der Waals surface area contributed by atoms with E-state index in [1.54, 1.807) is 28.4 Å². The third-order valence-electron chi connectivity index (χ3n) is 11.5. The van der Waals surface area contributed by atoms with Gasteiger partial charge in [0.15, 0.2) is 0 Å². The zero-order valence-electron chi connectivity index (χ0n) is 20.6. The Morgan fingerprint density at radius 3 is 2.42 bits per heavy atom. The molecular formula is C25H41NO7. The molecule has 6 fully saturated rings. The number of fused-ring (bicyclic) bond motifs is 2. The maximum Gasteiger partial charge on any atom is 0.136 e. The summed E-state index contributed by atoms with van der Waals surface area (Å²) < 4.78 is 24.0. The fourth-order valence-electron chi connectivity index (χ4n) is 11.0. The van der Waals surface area contributed by atoms with Gasteiger partial charge in [-0.05, 0) is 31.7 Å². The van der Waals surface area contributed by atoms with Crippen LogP contribution in [0.15, 0.2) is 0 Å². The summed E-state index contributed by atoms with van der Waals surface area (Å²) in [5.74, 6) is -0.231. The van der Waals surface area contributed by atoms with Crippen molar-refractivity contribution in [2.75, 3.05) is 48.1 Å². The quantitative estimate of drug-likeness (QED) is 0.512. The Labute approximate surface area is 196 Å². The molecule has 0 amide bonds. The van der Waals surface area contributed by atoms with Crippen molar-refractivity contribution in [1.29, 1.82) is 0 Å². The molecule has 0 aromatic carbocycles. The van der Waals surface area contributed by atoms with E-state index in [0.29, 0.717) is 19.4 Å². The molecule has 0 aromatic rings. The van der Waals surface area contributed by atoms with Crippen LogP contribution in [0.5, 0.6) is 0 Å².